The Kier molecular flexibility index (Phi) is 5.37. The van der Waals surface area contributed by atoms with E-state index in [0.29, 0.717) is 35.6 Å². The molecule has 4 N–H and O–H groups in total. The molecule has 7 heteroatoms. The molecule has 0 aliphatic carbocycles. The second kappa shape index (κ2) is 8.12. The Bertz CT molecular complexity index is 1150. The maximum absolute atomic E-state index is 12.9. The van der Waals surface area contributed by atoms with E-state index in [0.717, 1.165) is 24.0 Å². The second-order valence-electron chi connectivity index (χ2n) is 7.70. The zero-order chi connectivity index (χ0) is 21.3. The predicted octanol–water partition coefficient (Wildman–Crippen LogP) is 2.68. The second-order valence-corrected chi connectivity index (χ2v) is 7.70. The summed E-state index contributed by atoms with van der Waals surface area (Å²) >= 11 is 0. The summed E-state index contributed by atoms with van der Waals surface area (Å²) in [6.45, 7) is 3.09. The van der Waals surface area contributed by atoms with Crippen LogP contribution in [0.3, 0.4) is 0 Å². The third kappa shape index (κ3) is 4.11. The van der Waals surface area contributed by atoms with Crippen LogP contribution in [-0.2, 0) is 0 Å². The number of likely N-dealkylation sites (tertiary alicyclic amines) is 1. The van der Waals surface area contributed by atoms with Crippen LogP contribution in [0.4, 0.5) is 0 Å². The zero-order valence-electron chi connectivity index (χ0n) is 16.8. The van der Waals surface area contributed by atoms with Crippen LogP contribution in [0.2, 0.25) is 0 Å². The number of benzene rings is 2. The van der Waals surface area contributed by atoms with Crippen molar-refractivity contribution in [1.82, 2.24) is 14.9 Å². The van der Waals surface area contributed by atoms with Crippen molar-refractivity contribution in [2.45, 2.75) is 25.8 Å². The van der Waals surface area contributed by atoms with E-state index < -0.39 is 5.69 Å². The lowest BCUT2D eigenvalue weighted by atomic mass is 10.0. The summed E-state index contributed by atoms with van der Waals surface area (Å²) < 4.78 is 0. The molecule has 1 saturated heterocycles. The number of nitrogens with one attached hydrogen (secondary N) is 1. The highest BCUT2D eigenvalue weighted by Crippen LogP contribution is 2.26. The van der Waals surface area contributed by atoms with Gasteiger partial charge in [-0.2, -0.15) is 4.98 Å². The van der Waals surface area contributed by atoms with Gasteiger partial charge in [0.2, 0.25) is 0 Å². The van der Waals surface area contributed by atoms with Crippen LogP contribution in [0.5, 0.6) is 5.75 Å². The number of hydrogen-bond donors (Lipinski definition) is 3. The summed E-state index contributed by atoms with van der Waals surface area (Å²) in [5, 5.41) is 9.75. The van der Waals surface area contributed by atoms with Crippen molar-refractivity contribution in [3.8, 4) is 28.3 Å². The maximum atomic E-state index is 12.9. The number of phenols is 1. The first-order valence-electron chi connectivity index (χ1n) is 9.97. The molecule has 0 saturated carbocycles. The number of nitrogens with two attached hydrogens (primary N) is 1. The van der Waals surface area contributed by atoms with Gasteiger partial charge in [-0.15, -0.1) is 0 Å². The fourth-order valence-electron chi connectivity index (χ4n) is 3.68. The Hall–Kier alpha value is -3.45. The van der Waals surface area contributed by atoms with Gasteiger partial charge in [0.05, 0.1) is 11.4 Å². The van der Waals surface area contributed by atoms with Gasteiger partial charge in [-0.05, 0) is 67.3 Å². The van der Waals surface area contributed by atoms with Gasteiger partial charge in [0, 0.05) is 30.3 Å². The third-order valence-electron chi connectivity index (χ3n) is 5.48. The number of H-pyrrole nitrogens is 1. The van der Waals surface area contributed by atoms with Gasteiger partial charge in [0.25, 0.3) is 5.91 Å². The summed E-state index contributed by atoms with van der Waals surface area (Å²) in [5.74, 6) is 0.156. The highest BCUT2D eigenvalue weighted by Gasteiger charge is 2.22. The fourth-order valence-corrected chi connectivity index (χ4v) is 3.68. The molecule has 1 amide bonds. The Morgan fingerprint density at radius 3 is 2.63 bits per heavy atom. The molecular formula is C23H24N4O3. The van der Waals surface area contributed by atoms with Crippen molar-refractivity contribution in [2.75, 3.05) is 13.1 Å². The summed E-state index contributed by atoms with van der Waals surface area (Å²) in [5.41, 5.74) is 9.26. The minimum absolute atomic E-state index is 0.0328. The van der Waals surface area contributed by atoms with Crippen molar-refractivity contribution in [1.29, 1.82) is 0 Å². The number of hydrogen-bond acceptors (Lipinski definition) is 5. The molecule has 4 rings (SSSR count). The molecule has 30 heavy (non-hydrogen) atoms. The number of nitrogens with zero attached hydrogens (tertiary/aromatic N) is 2. The quantitative estimate of drug-likeness (QED) is 0.621. The Labute approximate surface area is 174 Å². The van der Waals surface area contributed by atoms with Gasteiger partial charge < -0.3 is 20.7 Å². The minimum atomic E-state index is -0.477. The molecule has 1 aliphatic rings. The molecule has 7 nitrogen and oxygen atoms in total. The molecule has 2 aromatic carbocycles. The Morgan fingerprint density at radius 2 is 1.90 bits per heavy atom. The van der Waals surface area contributed by atoms with Crippen LogP contribution in [0.1, 0.15) is 28.8 Å². The standard InChI is InChI=1S/C23H24N4O3/c1-14-11-16(5-6-21(14)28)20-13-19(25-23(30)26-20)15-3-2-4-17(12-15)22(29)27-9-7-18(24)8-10-27/h2-6,11-13,18,28H,7-10,24H2,1H3,(H,25,26,30). The highest BCUT2D eigenvalue weighted by molar-refractivity contribution is 5.95. The van der Waals surface area contributed by atoms with Gasteiger partial charge >= 0.3 is 5.69 Å². The summed E-state index contributed by atoms with van der Waals surface area (Å²) in [6, 6.07) is 14.2. The Morgan fingerprint density at radius 1 is 1.13 bits per heavy atom. The van der Waals surface area contributed by atoms with Crippen LogP contribution in [0.25, 0.3) is 22.5 Å². The van der Waals surface area contributed by atoms with Crippen molar-refractivity contribution in [2.24, 2.45) is 5.73 Å². The van der Waals surface area contributed by atoms with Crippen LogP contribution in [0, 0.1) is 6.92 Å². The highest BCUT2D eigenvalue weighted by atomic mass is 16.3. The van der Waals surface area contributed by atoms with Gasteiger partial charge in [-0.3, -0.25) is 4.79 Å². The van der Waals surface area contributed by atoms with E-state index in [2.05, 4.69) is 9.97 Å². The van der Waals surface area contributed by atoms with Gasteiger partial charge in [-0.1, -0.05) is 12.1 Å². The van der Waals surface area contributed by atoms with Gasteiger partial charge in [-0.25, -0.2) is 4.79 Å². The molecule has 0 radical (unpaired) electrons. The molecule has 3 aromatic rings. The summed E-state index contributed by atoms with van der Waals surface area (Å²) in [6.07, 6.45) is 1.61. The van der Waals surface area contributed by atoms with Gasteiger partial charge in [0.1, 0.15) is 5.75 Å². The number of aryl methyl sites for hydroxylation is 1. The number of carbonyl (C=O) groups excluding carboxylic acids is 1. The molecule has 2 heterocycles. The molecule has 0 bridgehead atoms. The molecule has 154 valence electrons. The van der Waals surface area contributed by atoms with Gasteiger partial charge in [0.15, 0.2) is 0 Å². The van der Waals surface area contributed by atoms with E-state index in [1.54, 1.807) is 49.4 Å². The van der Waals surface area contributed by atoms with Crippen LogP contribution in [-0.4, -0.2) is 45.0 Å². The lowest BCUT2D eigenvalue weighted by Gasteiger charge is -2.30. The minimum Gasteiger partial charge on any atom is -0.508 e. The number of phenolic OH excluding ortho intramolecular Hbond substituents is 1. The molecule has 1 fully saturated rings. The number of rotatable bonds is 3. The van der Waals surface area contributed by atoms with Crippen LogP contribution >= 0.6 is 0 Å². The largest absolute Gasteiger partial charge is 0.508 e. The lowest BCUT2D eigenvalue weighted by Crippen LogP contribution is -2.42. The number of aromatic hydroxyl groups is 1. The number of amides is 1. The molecule has 0 atom stereocenters. The van der Waals surface area contributed by atoms with Crippen LogP contribution < -0.4 is 11.4 Å². The summed E-state index contributed by atoms with van der Waals surface area (Å²) in [7, 11) is 0. The van der Waals surface area contributed by atoms with E-state index in [9.17, 15) is 14.7 Å². The topological polar surface area (TPSA) is 112 Å². The average molecular weight is 404 g/mol. The average Bonchev–Trinajstić information content (AvgIpc) is 2.75. The Balaban J connectivity index is 1.67. The number of carbonyl (C=O) groups is 1. The van der Waals surface area contributed by atoms with E-state index in [-0.39, 0.29) is 17.7 Å². The van der Waals surface area contributed by atoms with Crippen molar-refractivity contribution in [3.63, 3.8) is 0 Å². The normalized spacial score (nSPS) is 14.7. The molecule has 0 unspecified atom stereocenters. The van der Waals surface area contributed by atoms with Crippen LogP contribution in [0.15, 0.2) is 53.3 Å². The first-order chi connectivity index (χ1) is 14.4. The smallest absolute Gasteiger partial charge is 0.345 e. The molecule has 1 aromatic heterocycles. The number of aromatic nitrogens is 2. The van der Waals surface area contributed by atoms with E-state index in [1.807, 2.05) is 11.0 Å². The summed E-state index contributed by atoms with van der Waals surface area (Å²) in [4.78, 5) is 33.7. The van der Waals surface area contributed by atoms with Crippen molar-refractivity contribution >= 4 is 5.91 Å². The third-order valence-corrected chi connectivity index (χ3v) is 5.48. The molecular weight excluding hydrogens is 380 g/mol. The number of aromatic amines is 1. The van der Waals surface area contributed by atoms with E-state index in [1.165, 1.54) is 0 Å². The lowest BCUT2D eigenvalue weighted by molar-refractivity contribution is 0.0715. The first-order valence-corrected chi connectivity index (χ1v) is 9.97. The molecule has 0 spiro atoms. The van der Waals surface area contributed by atoms with Crippen molar-refractivity contribution < 1.29 is 9.90 Å². The fraction of sp³-hybridized carbons (Fsp3) is 0.261. The van der Waals surface area contributed by atoms with E-state index >= 15 is 0 Å². The predicted molar refractivity (Wildman–Crippen MR) is 115 cm³/mol. The monoisotopic (exact) mass is 404 g/mol. The zero-order valence-corrected chi connectivity index (χ0v) is 16.8. The SMILES string of the molecule is Cc1cc(-c2cc(-c3cccc(C(=O)N4CCC(N)CC4)c3)[nH]c(=O)n2)ccc1O. The van der Waals surface area contributed by atoms with E-state index in [4.69, 9.17) is 5.73 Å². The van der Waals surface area contributed by atoms with Crippen molar-refractivity contribution in [3.05, 3.63) is 70.1 Å². The first kappa shape index (κ1) is 19.8. The molecule has 1 aliphatic heterocycles. The maximum Gasteiger partial charge on any atom is 0.345 e. The number of piperidine rings is 1.